The van der Waals surface area contributed by atoms with Crippen LogP contribution in [0, 0.1) is 5.82 Å². The molecule has 1 aromatic heterocycles. The molecule has 1 aliphatic carbocycles. The van der Waals surface area contributed by atoms with Crippen molar-refractivity contribution in [1.29, 1.82) is 0 Å². The van der Waals surface area contributed by atoms with Crippen LogP contribution in [0.5, 0.6) is 0 Å². The van der Waals surface area contributed by atoms with Gasteiger partial charge in [0, 0.05) is 41.1 Å². The molecule has 0 radical (unpaired) electrons. The van der Waals surface area contributed by atoms with Gasteiger partial charge in [-0.05, 0) is 49.6 Å². The third-order valence-corrected chi connectivity index (χ3v) is 5.14. The number of carbonyl (C=O) groups is 2. The number of anilines is 1. The lowest BCUT2D eigenvalue weighted by Gasteiger charge is -2.34. The number of Topliss-reactive ketones (excluding diaryl/α,β-unsaturated/α-hetero) is 1. The van der Waals surface area contributed by atoms with Crippen molar-refractivity contribution < 1.29 is 14.0 Å². The van der Waals surface area contributed by atoms with Crippen molar-refractivity contribution >= 4 is 17.4 Å². The third-order valence-electron chi connectivity index (χ3n) is 5.14. The molecule has 0 bridgehead atoms. The lowest BCUT2D eigenvalue weighted by Crippen LogP contribution is -2.35. The number of hydrogen-bond acceptors (Lipinski definition) is 4. The van der Waals surface area contributed by atoms with Gasteiger partial charge in [-0.25, -0.2) is 4.39 Å². The van der Waals surface area contributed by atoms with E-state index in [1.54, 1.807) is 36.7 Å². The monoisotopic (exact) mass is 377 g/mol. The Morgan fingerprint density at radius 2 is 2.00 bits per heavy atom. The zero-order chi connectivity index (χ0) is 19.7. The molecule has 0 fully saturated rings. The minimum Gasteiger partial charge on any atom is -0.362 e. The Morgan fingerprint density at radius 1 is 1.21 bits per heavy atom. The third kappa shape index (κ3) is 3.33. The highest BCUT2D eigenvalue weighted by atomic mass is 19.1. The Kier molecular flexibility index (Phi) is 4.77. The summed E-state index contributed by atoms with van der Waals surface area (Å²) in [4.78, 5) is 30.0. The molecule has 0 saturated heterocycles. The maximum atomic E-state index is 13.5. The van der Waals surface area contributed by atoms with Crippen LogP contribution in [0.2, 0.25) is 0 Å². The smallest absolute Gasteiger partial charge is 0.254 e. The van der Waals surface area contributed by atoms with Gasteiger partial charge in [-0.15, -0.1) is 0 Å². The molecular weight excluding hydrogens is 357 g/mol. The van der Waals surface area contributed by atoms with Gasteiger partial charge in [-0.3, -0.25) is 14.6 Å². The molecule has 142 valence electrons. The average molecular weight is 377 g/mol. The highest BCUT2D eigenvalue weighted by Gasteiger charge is 2.38. The Balaban J connectivity index is 1.79. The van der Waals surface area contributed by atoms with Crippen LogP contribution in [0.25, 0.3) is 0 Å². The molecule has 0 saturated carbocycles. The van der Waals surface area contributed by atoms with Gasteiger partial charge in [-0.2, -0.15) is 0 Å². The van der Waals surface area contributed by atoms with Crippen molar-refractivity contribution in [2.45, 2.75) is 32.1 Å². The Bertz CT molecular complexity index is 994. The number of dihydropyridines is 1. The van der Waals surface area contributed by atoms with Crippen molar-refractivity contribution in [2.24, 2.45) is 0 Å². The van der Waals surface area contributed by atoms with Crippen LogP contribution in [0.3, 0.4) is 0 Å². The summed E-state index contributed by atoms with van der Waals surface area (Å²) in [7, 11) is 0. The van der Waals surface area contributed by atoms with E-state index in [0.717, 1.165) is 24.1 Å². The number of benzene rings is 1. The highest BCUT2D eigenvalue weighted by Crippen LogP contribution is 2.42. The first-order valence-electron chi connectivity index (χ1n) is 9.25. The summed E-state index contributed by atoms with van der Waals surface area (Å²) < 4.78 is 13.5. The summed E-state index contributed by atoms with van der Waals surface area (Å²) >= 11 is 0. The van der Waals surface area contributed by atoms with Crippen LogP contribution < -0.4 is 10.6 Å². The second-order valence-electron chi connectivity index (χ2n) is 7.01. The highest BCUT2D eigenvalue weighted by molar-refractivity contribution is 6.09. The van der Waals surface area contributed by atoms with Gasteiger partial charge in [0.15, 0.2) is 5.78 Å². The summed E-state index contributed by atoms with van der Waals surface area (Å²) in [6.45, 7) is 1.83. The van der Waals surface area contributed by atoms with E-state index in [9.17, 15) is 14.0 Å². The van der Waals surface area contributed by atoms with Gasteiger partial charge >= 0.3 is 0 Å². The Labute approximate surface area is 162 Å². The van der Waals surface area contributed by atoms with E-state index in [1.165, 1.54) is 12.1 Å². The molecule has 1 aliphatic heterocycles. The van der Waals surface area contributed by atoms with Gasteiger partial charge in [0.05, 0.1) is 11.9 Å². The van der Waals surface area contributed by atoms with E-state index in [1.807, 2.05) is 6.92 Å². The summed E-state index contributed by atoms with van der Waals surface area (Å²) in [5.41, 5.74) is 3.93. The molecule has 2 heterocycles. The molecule has 28 heavy (non-hydrogen) atoms. The van der Waals surface area contributed by atoms with Crippen LogP contribution in [-0.4, -0.2) is 16.7 Å². The summed E-state index contributed by atoms with van der Waals surface area (Å²) in [6.07, 6.45) is 5.18. The fourth-order valence-electron chi connectivity index (χ4n) is 3.91. The van der Waals surface area contributed by atoms with Gasteiger partial charge in [0.2, 0.25) is 0 Å². The summed E-state index contributed by atoms with van der Waals surface area (Å²) in [5, 5.41) is 6.12. The second kappa shape index (κ2) is 7.38. The predicted molar refractivity (Wildman–Crippen MR) is 104 cm³/mol. The SMILES string of the molecule is CC1=C(C(=O)Nc2cccnc2)[C@H](c2ccc(F)cc2)C2=C(CCCC2=O)N1. The van der Waals surface area contributed by atoms with E-state index in [0.29, 0.717) is 29.0 Å². The molecule has 4 rings (SSSR count). The second-order valence-corrected chi connectivity index (χ2v) is 7.01. The number of allylic oxidation sites excluding steroid dienone is 3. The molecule has 6 heteroatoms. The van der Waals surface area contributed by atoms with Crippen LogP contribution in [0.1, 0.15) is 37.7 Å². The number of halogens is 1. The predicted octanol–water partition coefficient (Wildman–Crippen LogP) is 3.83. The molecule has 0 spiro atoms. The van der Waals surface area contributed by atoms with Crippen molar-refractivity contribution in [1.82, 2.24) is 10.3 Å². The first-order chi connectivity index (χ1) is 13.5. The number of nitrogens with one attached hydrogen (secondary N) is 2. The fraction of sp³-hybridized carbons (Fsp3) is 0.227. The number of hydrogen-bond donors (Lipinski definition) is 2. The van der Waals surface area contributed by atoms with Crippen LogP contribution in [0.4, 0.5) is 10.1 Å². The number of rotatable bonds is 3. The number of carbonyl (C=O) groups excluding carboxylic acids is 2. The largest absolute Gasteiger partial charge is 0.362 e. The molecule has 5 nitrogen and oxygen atoms in total. The van der Waals surface area contributed by atoms with E-state index < -0.39 is 5.92 Å². The summed E-state index contributed by atoms with van der Waals surface area (Å²) in [5.74, 6) is -1.16. The Morgan fingerprint density at radius 3 is 2.71 bits per heavy atom. The number of ketones is 1. The van der Waals surface area contributed by atoms with E-state index >= 15 is 0 Å². The maximum Gasteiger partial charge on any atom is 0.254 e. The molecule has 0 unspecified atom stereocenters. The Hall–Kier alpha value is -3.28. The van der Waals surface area contributed by atoms with Gasteiger partial charge in [-0.1, -0.05) is 12.1 Å². The molecule has 2 aromatic rings. The van der Waals surface area contributed by atoms with Gasteiger partial charge in [0.1, 0.15) is 5.82 Å². The first kappa shape index (κ1) is 18.1. The molecule has 1 amide bonds. The van der Waals surface area contributed by atoms with Crippen LogP contribution in [0.15, 0.2) is 71.3 Å². The van der Waals surface area contributed by atoms with Gasteiger partial charge < -0.3 is 10.6 Å². The van der Waals surface area contributed by atoms with E-state index in [4.69, 9.17) is 0 Å². The molecule has 1 aromatic carbocycles. The molecule has 2 aliphatic rings. The lowest BCUT2D eigenvalue weighted by molar-refractivity contribution is -0.116. The molecule has 2 N–H and O–H groups in total. The summed E-state index contributed by atoms with van der Waals surface area (Å²) in [6, 6.07) is 9.48. The number of aromatic nitrogens is 1. The quantitative estimate of drug-likeness (QED) is 0.853. The number of amides is 1. The van der Waals surface area contributed by atoms with Gasteiger partial charge in [0.25, 0.3) is 5.91 Å². The minimum absolute atomic E-state index is 0.0299. The average Bonchev–Trinajstić information content (AvgIpc) is 2.68. The topological polar surface area (TPSA) is 71.1 Å². The molecule has 1 atom stereocenters. The van der Waals surface area contributed by atoms with Crippen molar-refractivity contribution in [3.05, 3.63) is 82.7 Å². The zero-order valence-electron chi connectivity index (χ0n) is 15.5. The van der Waals surface area contributed by atoms with Crippen molar-refractivity contribution in [3.63, 3.8) is 0 Å². The lowest BCUT2D eigenvalue weighted by atomic mass is 9.75. The molecular formula is C22H20FN3O2. The van der Waals surface area contributed by atoms with Crippen LogP contribution >= 0.6 is 0 Å². The normalized spacial score (nSPS) is 19.2. The fourth-order valence-corrected chi connectivity index (χ4v) is 3.91. The number of nitrogens with zero attached hydrogens (tertiary/aromatic N) is 1. The number of pyridine rings is 1. The first-order valence-corrected chi connectivity index (χ1v) is 9.25. The van der Waals surface area contributed by atoms with Crippen molar-refractivity contribution in [2.75, 3.05) is 5.32 Å². The van der Waals surface area contributed by atoms with Crippen molar-refractivity contribution in [3.8, 4) is 0 Å². The van der Waals surface area contributed by atoms with E-state index in [2.05, 4.69) is 15.6 Å². The maximum absolute atomic E-state index is 13.5. The standard InChI is InChI=1S/C22H20FN3O2/c1-13-19(22(28)26-16-4-3-11-24-12-16)20(14-7-9-15(23)10-8-14)21-17(25-13)5-2-6-18(21)27/h3-4,7-12,20,25H,2,5-6H2,1H3,(H,26,28)/t20-/m0/s1. The van der Waals surface area contributed by atoms with Crippen LogP contribution in [-0.2, 0) is 9.59 Å². The minimum atomic E-state index is -0.527. The van der Waals surface area contributed by atoms with E-state index in [-0.39, 0.29) is 17.5 Å². The zero-order valence-corrected chi connectivity index (χ0v) is 15.5.